The third-order valence-electron chi connectivity index (χ3n) is 3.65. The van der Waals surface area contributed by atoms with Crippen molar-refractivity contribution in [3.05, 3.63) is 62.5 Å². The van der Waals surface area contributed by atoms with Crippen LogP contribution in [0.25, 0.3) is 0 Å². The number of rotatable bonds is 0. The van der Waals surface area contributed by atoms with Crippen molar-refractivity contribution in [2.75, 3.05) is 5.32 Å². The maximum absolute atomic E-state index is 12.3. The van der Waals surface area contributed by atoms with Crippen molar-refractivity contribution in [2.24, 2.45) is 14.1 Å². The first kappa shape index (κ1) is 11.8. The van der Waals surface area contributed by atoms with Crippen LogP contribution in [0.5, 0.6) is 0 Å². The van der Waals surface area contributed by atoms with Gasteiger partial charge in [0, 0.05) is 25.7 Å². The predicted molar refractivity (Wildman–Crippen MR) is 74.3 cm³/mol. The van der Waals surface area contributed by atoms with Gasteiger partial charge < -0.3 is 5.32 Å². The topological polar surface area (TPSA) is 56.0 Å². The summed E-state index contributed by atoms with van der Waals surface area (Å²) < 4.78 is 2.66. The highest BCUT2D eigenvalue weighted by molar-refractivity contribution is 5.56. The highest BCUT2D eigenvalue weighted by Gasteiger charge is 2.27. The lowest BCUT2D eigenvalue weighted by Crippen LogP contribution is -2.42. The molecule has 19 heavy (non-hydrogen) atoms. The van der Waals surface area contributed by atoms with Crippen LogP contribution >= 0.6 is 0 Å². The minimum Gasteiger partial charge on any atom is -0.345 e. The molecule has 2 heterocycles. The molecule has 0 aromatic carbocycles. The monoisotopic (exact) mass is 257 g/mol. The summed E-state index contributed by atoms with van der Waals surface area (Å²) in [6, 6.07) is 0. The largest absolute Gasteiger partial charge is 0.345 e. The second-order valence-corrected chi connectivity index (χ2v) is 4.87. The lowest BCUT2D eigenvalue weighted by atomic mass is 9.90. The van der Waals surface area contributed by atoms with Gasteiger partial charge in [-0.3, -0.25) is 13.9 Å². The molecule has 0 saturated heterocycles. The Kier molecular flexibility index (Phi) is 2.55. The van der Waals surface area contributed by atoms with E-state index >= 15 is 0 Å². The number of allylic oxidation sites excluding steroid dienone is 6. The van der Waals surface area contributed by atoms with Crippen LogP contribution in [0.1, 0.15) is 17.9 Å². The van der Waals surface area contributed by atoms with Gasteiger partial charge in [-0.2, -0.15) is 0 Å². The lowest BCUT2D eigenvalue weighted by Gasteiger charge is -2.28. The summed E-state index contributed by atoms with van der Waals surface area (Å²) in [4.78, 5) is 24.3. The Morgan fingerprint density at radius 3 is 2.74 bits per heavy atom. The summed E-state index contributed by atoms with van der Waals surface area (Å²) in [5, 5.41) is 3.20. The van der Waals surface area contributed by atoms with Crippen LogP contribution in [0.4, 0.5) is 5.82 Å². The molecule has 1 unspecified atom stereocenters. The molecule has 98 valence electrons. The van der Waals surface area contributed by atoms with E-state index in [4.69, 9.17) is 0 Å². The third-order valence-corrected chi connectivity index (χ3v) is 3.65. The van der Waals surface area contributed by atoms with Crippen molar-refractivity contribution in [2.45, 2.75) is 12.3 Å². The van der Waals surface area contributed by atoms with Crippen LogP contribution in [-0.2, 0) is 14.1 Å². The molecular formula is C14H15N3O2. The third kappa shape index (κ3) is 1.69. The van der Waals surface area contributed by atoms with Crippen molar-refractivity contribution in [3.8, 4) is 0 Å². The molecule has 1 N–H and O–H groups in total. The van der Waals surface area contributed by atoms with Crippen molar-refractivity contribution >= 4 is 5.82 Å². The van der Waals surface area contributed by atoms with Gasteiger partial charge in [0.15, 0.2) is 0 Å². The fourth-order valence-electron chi connectivity index (χ4n) is 2.61. The van der Waals surface area contributed by atoms with E-state index in [0.29, 0.717) is 11.4 Å². The number of hydrogen-bond acceptors (Lipinski definition) is 3. The highest BCUT2D eigenvalue weighted by Crippen LogP contribution is 2.34. The first-order valence-electron chi connectivity index (χ1n) is 6.20. The van der Waals surface area contributed by atoms with E-state index in [1.54, 1.807) is 7.05 Å². The Labute approximate surface area is 110 Å². The van der Waals surface area contributed by atoms with Gasteiger partial charge in [-0.15, -0.1) is 0 Å². The molecule has 0 spiro atoms. The second-order valence-electron chi connectivity index (χ2n) is 4.87. The Hall–Kier alpha value is -2.30. The fourth-order valence-corrected chi connectivity index (χ4v) is 2.61. The van der Waals surface area contributed by atoms with E-state index in [2.05, 4.69) is 5.32 Å². The SMILES string of the molecule is Cn1c2c(c(=O)n(C)c1=O)C1\C=C/C=C\C=C(/C1)N2. The number of aromatic nitrogens is 2. The zero-order valence-corrected chi connectivity index (χ0v) is 10.9. The molecule has 0 fully saturated rings. The van der Waals surface area contributed by atoms with Gasteiger partial charge in [0.1, 0.15) is 5.82 Å². The average Bonchev–Trinajstić information content (AvgIpc) is 2.39. The van der Waals surface area contributed by atoms with Crippen LogP contribution < -0.4 is 16.6 Å². The molecule has 1 aromatic rings. The van der Waals surface area contributed by atoms with Gasteiger partial charge in [0.05, 0.1) is 5.56 Å². The van der Waals surface area contributed by atoms with Crippen molar-refractivity contribution in [1.82, 2.24) is 9.13 Å². The van der Waals surface area contributed by atoms with Crippen molar-refractivity contribution < 1.29 is 0 Å². The highest BCUT2D eigenvalue weighted by atomic mass is 16.2. The predicted octanol–water partition coefficient (Wildman–Crippen LogP) is 0.993. The molecule has 3 rings (SSSR count). The molecule has 5 heteroatoms. The zero-order valence-electron chi connectivity index (χ0n) is 10.9. The standard InChI is InChI=1S/C14H15N3O2/c1-16-12-11(13(18)17(2)14(16)19)9-6-4-3-5-7-10(8-9)15-12/h3-7,9,15H,8H2,1-2H3/b5-3-,6-4-,10-7+. The molecule has 0 saturated carbocycles. The number of anilines is 1. The quantitative estimate of drug-likeness (QED) is 0.754. The Bertz CT molecular complexity index is 747. The number of fused-ring (bicyclic) bond motifs is 4. The molecule has 5 nitrogen and oxygen atoms in total. The van der Waals surface area contributed by atoms with E-state index in [0.717, 1.165) is 16.7 Å². The van der Waals surface area contributed by atoms with Gasteiger partial charge >= 0.3 is 5.69 Å². The van der Waals surface area contributed by atoms with Crippen LogP contribution in [0.15, 0.2) is 45.7 Å². The first-order chi connectivity index (χ1) is 9.09. The number of hydrogen-bond donors (Lipinski definition) is 1. The summed E-state index contributed by atoms with van der Waals surface area (Å²) in [7, 11) is 3.20. The van der Waals surface area contributed by atoms with Crippen molar-refractivity contribution in [3.63, 3.8) is 0 Å². The summed E-state index contributed by atoms with van der Waals surface area (Å²) >= 11 is 0. The van der Waals surface area contributed by atoms with Gasteiger partial charge in [0.25, 0.3) is 5.56 Å². The van der Waals surface area contributed by atoms with E-state index < -0.39 is 0 Å². The van der Waals surface area contributed by atoms with E-state index in [1.165, 1.54) is 11.6 Å². The van der Waals surface area contributed by atoms with Crippen LogP contribution in [0.3, 0.4) is 0 Å². The Morgan fingerprint density at radius 1 is 1.16 bits per heavy atom. The Morgan fingerprint density at radius 2 is 1.95 bits per heavy atom. The summed E-state index contributed by atoms with van der Waals surface area (Å²) in [6.45, 7) is 0. The van der Waals surface area contributed by atoms with E-state index in [9.17, 15) is 9.59 Å². The molecule has 2 aliphatic rings. The van der Waals surface area contributed by atoms with Gasteiger partial charge in [0.2, 0.25) is 0 Å². The first-order valence-corrected chi connectivity index (χ1v) is 6.20. The number of nitrogens with one attached hydrogen (secondary N) is 1. The molecule has 1 atom stereocenters. The molecule has 1 aromatic heterocycles. The summed E-state index contributed by atoms with van der Waals surface area (Å²) in [6.07, 6.45) is 10.6. The van der Waals surface area contributed by atoms with Crippen LogP contribution in [-0.4, -0.2) is 9.13 Å². The smallest absolute Gasteiger partial charge is 0.332 e. The summed E-state index contributed by atoms with van der Waals surface area (Å²) in [5.41, 5.74) is 1.14. The molecule has 2 bridgehead atoms. The Balaban J connectivity index is 2.36. The molecule has 1 aliphatic heterocycles. The van der Waals surface area contributed by atoms with Gasteiger partial charge in [-0.05, 0) is 12.5 Å². The summed E-state index contributed by atoms with van der Waals surface area (Å²) in [5.74, 6) is 0.619. The second kappa shape index (κ2) is 4.12. The molecule has 0 amide bonds. The molecular weight excluding hydrogens is 242 g/mol. The molecule has 0 radical (unpaired) electrons. The average molecular weight is 257 g/mol. The minimum atomic E-state index is -0.312. The van der Waals surface area contributed by atoms with Gasteiger partial charge in [-0.1, -0.05) is 24.3 Å². The van der Waals surface area contributed by atoms with E-state index in [-0.39, 0.29) is 17.2 Å². The van der Waals surface area contributed by atoms with Gasteiger partial charge in [-0.25, -0.2) is 4.79 Å². The zero-order chi connectivity index (χ0) is 13.6. The van der Waals surface area contributed by atoms with E-state index in [1.807, 2.05) is 30.4 Å². The fraction of sp³-hybridized carbons (Fsp3) is 0.286. The lowest BCUT2D eigenvalue weighted by molar-refractivity contribution is 0.644. The maximum atomic E-state index is 12.3. The van der Waals surface area contributed by atoms with Crippen molar-refractivity contribution in [1.29, 1.82) is 0 Å². The normalized spacial score (nSPS) is 26.2. The molecule has 1 aliphatic carbocycles. The minimum absolute atomic E-state index is 0.0120. The number of nitrogens with zero attached hydrogens (tertiary/aromatic N) is 2. The van der Waals surface area contributed by atoms with Crippen LogP contribution in [0, 0.1) is 0 Å². The maximum Gasteiger partial charge on any atom is 0.332 e. The van der Waals surface area contributed by atoms with Crippen LogP contribution in [0.2, 0.25) is 0 Å².